The molecule has 0 unspecified atom stereocenters. The molecule has 4 heteroatoms. The summed E-state index contributed by atoms with van der Waals surface area (Å²) in [6.07, 6.45) is 0. The molecule has 0 saturated heterocycles. The summed E-state index contributed by atoms with van der Waals surface area (Å²) in [5.74, 6) is 0. The summed E-state index contributed by atoms with van der Waals surface area (Å²) in [7, 11) is 0. The molecule has 0 aromatic heterocycles. The van der Waals surface area contributed by atoms with Crippen molar-refractivity contribution in [2.75, 3.05) is 0 Å². The largest absolute Gasteiger partial charge is 0.166 e. The van der Waals surface area contributed by atoms with Crippen molar-refractivity contribution in [1.29, 1.82) is 0 Å². The summed E-state index contributed by atoms with van der Waals surface area (Å²) >= 11 is 8.53. The molecule has 0 rings (SSSR count). The van der Waals surface area contributed by atoms with Crippen molar-refractivity contribution in [3.05, 3.63) is 0 Å². The molecular formula is Cl2ErO. The van der Waals surface area contributed by atoms with E-state index in [1.807, 2.05) is 0 Å². The van der Waals surface area contributed by atoms with Crippen LogP contribution in [0.15, 0.2) is 0 Å². The summed E-state index contributed by atoms with van der Waals surface area (Å²) in [6, 6.07) is 0. The van der Waals surface area contributed by atoms with E-state index in [1.165, 1.54) is 0 Å². The van der Waals surface area contributed by atoms with Crippen LogP contribution >= 0.6 is 23.7 Å². The molecule has 0 saturated carbocycles. The van der Waals surface area contributed by atoms with Crippen LogP contribution in [0.5, 0.6) is 0 Å². The van der Waals surface area contributed by atoms with Crippen LogP contribution in [0.2, 0.25) is 0 Å². The molecule has 0 aromatic carbocycles. The number of halogens is 2. The van der Waals surface area contributed by atoms with Gasteiger partial charge >= 0.3 is 0 Å². The maximum absolute atomic E-state index is 4.26. The van der Waals surface area contributed by atoms with Crippen LogP contribution in [0.4, 0.5) is 0 Å². The number of rotatable bonds is 0. The second-order valence-corrected chi connectivity index (χ2v) is 0.525. The van der Waals surface area contributed by atoms with E-state index in [2.05, 4.69) is 27.6 Å². The van der Waals surface area contributed by atoms with Crippen molar-refractivity contribution >= 4 is 23.7 Å². The first kappa shape index (κ1) is 9.25. The van der Waals surface area contributed by atoms with Gasteiger partial charge in [-0.1, -0.05) is 0 Å². The number of hydrogen-bond donors (Lipinski definition) is 0. The molecule has 0 radical (unpaired) electrons. The van der Waals surface area contributed by atoms with E-state index >= 15 is 0 Å². The molecule has 4 heavy (non-hydrogen) atoms. The SMILES string of the molecule is ClOCl.[Er]. The second kappa shape index (κ2) is 8.84. The van der Waals surface area contributed by atoms with Gasteiger partial charge in [-0.3, -0.25) is 0 Å². The van der Waals surface area contributed by atoms with E-state index in [0.29, 0.717) is 0 Å². The molecule has 0 aliphatic carbocycles. The molecule has 0 heterocycles. The van der Waals surface area contributed by atoms with Crippen molar-refractivity contribution in [2.45, 2.75) is 0 Å². The molecular weight excluding hydrogens is 254 g/mol. The van der Waals surface area contributed by atoms with E-state index < -0.39 is 0 Å². The fourth-order valence-electron chi connectivity index (χ4n) is 0. The summed E-state index contributed by atoms with van der Waals surface area (Å²) in [5, 5.41) is 0. The fraction of sp³-hybridized carbons (Fsp3) is 0. The maximum Gasteiger partial charge on any atom is 0.0832 e. The molecule has 1 nitrogen and oxygen atoms in total. The van der Waals surface area contributed by atoms with E-state index in [0.717, 1.165) is 0 Å². The first-order chi connectivity index (χ1) is 1.41. The zero-order valence-corrected chi connectivity index (χ0v) is 4.82. The van der Waals surface area contributed by atoms with E-state index in [1.54, 1.807) is 0 Å². The standard InChI is InChI=1S/Cl2O.Er/c1-3-2;. The van der Waals surface area contributed by atoms with Crippen LogP contribution in [0.3, 0.4) is 0 Å². The Hall–Kier alpha value is 1.79. The molecule has 0 aliphatic rings. The Morgan fingerprint density at radius 2 is 1.25 bits per heavy atom. The van der Waals surface area contributed by atoms with Crippen molar-refractivity contribution < 1.29 is 41.1 Å². The Morgan fingerprint density at radius 3 is 1.25 bits per heavy atom. The Morgan fingerprint density at radius 1 is 1.25 bits per heavy atom. The quantitative estimate of drug-likeness (QED) is 0.633. The molecule has 0 N–H and O–H groups in total. The van der Waals surface area contributed by atoms with E-state index in [-0.39, 0.29) is 37.3 Å². The minimum Gasteiger partial charge on any atom is -0.166 e. The molecule has 0 bridgehead atoms. The molecule has 0 amide bonds. The zero-order chi connectivity index (χ0) is 2.71. The number of hydrogen-bond acceptors (Lipinski definition) is 1. The summed E-state index contributed by atoms with van der Waals surface area (Å²) < 4.78 is 3.19. The van der Waals surface area contributed by atoms with Gasteiger partial charge in [-0.05, 0) is 0 Å². The first-order valence-corrected chi connectivity index (χ1v) is 0.926. The van der Waals surface area contributed by atoms with Gasteiger partial charge in [0.1, 0.15) is 0 Å². The molecule has 0 spiro atoms. The maximum atomic E-state index is 4.26. The average molecular weight is 254 g/mol. The van der Waals surface area contributed by atoms with E-state index in [9.17, 15) is 0 Å². The van der Waals surface area contributed by atoms with Crippen LogP contribution in [-0.2, 0) is 3.84 Å². The predicted molar refractivity (Wildman–Crippen MR) is 12.8 cm³/mol. The van der Waals surface area contributed by atoms with Gasteiger partial charge in [-0.2, -0.15) is 3.84 Å². The van der Waals surface area contributed by atoms with Crippen molar-refractivity contribution in [1.82, 2.24) is 0 Å². The van der Waals surface area contributed by atoms with Crippen LogP contribution in [0.25, 0.3) is 0 Å². The van der Waals surface area contributed by atoms with Crippen molar-refractivity contribution in [2.24, 2.45) is 0 Å². The topological polar surface area (TPSA) is 9.23 Å². The van der Waals surface area contributed by atoms with Gasteiger partial charge in [0.2, 0.25) is 0 Å². The molecule has 0 aromatic rings. The fourth-order valence-corrected chi connectivity index (χ4v) is 0. The van der Waals surface area contributed by atoms with E-state index in [4.69, 9.17) is 0 Å². The van der Waals surface area contributed by atoms with Crippen LogP contribution < -0.4 is 0 Å². The molecule has 32 valence electrons. The van der Waals surface area contributed by atoms with Crippen molar-refractivity contribution in [3.63, 3.8) is 0 Å². The third-order valence-corrected chi connectivity index (χ3v) is 0. The molecule has 0 fully saturated rings. The minimum absolute atomic E-state index is 0. The Balaban J connectivity index is 0. The summed E-state index contributed by atoms with van der Waals surface area (Å²) in [4.78, 5) is 0. The van der Waals surface area contributed by atoms with Crippen LogP contribution in [0.1, 0.15) is 0 Å². The average Bonchev–Trinajstić information content (AvgIpc) is 0.918. The van der Waals surface area contributed by atoms with Gasteiger partial charge in [0.05, 0.1) is 23.7 Å². The molecule has 0 aliphatic heterocycles. The zero-order valence-electron chi connectivity index (χ0n) is 1.45. The Kier molecular flexibility index (Phi) is 20.4. The summed E-state index contributed by atoms with van der Waals surface area (Å²) in [6.45, 7) is 0. The minimum atomic E-state index is 0. The third kappa shape index (κ3) is 9.21. The van der Waals surface area contributed by atoms with Gasteiger partial charge in [-0.15, -0.1) is 0 Å². The predicted octanol–water partition coefficient (Wildman–Crippen LogP) is 1.31. The normalized spacial score (nSPS) is 4.50. The Labute approximate surface area is 64.1 Å². The van der Waals surface area contributed by atoms with Gasteiger partial charge in [-0.25, -0.2) is 0 Å². The summed E-state index contributed by atoms with van der Waals surface area (Å²) in [5.41, 5.74) is 0. The first-order valence-electron chi connectivity index (χ1n) is 0.309. The monoisotopic (exact) mass is 252 g/mol. The van der Waals surface area contributed by atoms with Crippen molar-refractivity contribution in [3.8, 4) is 0 Å². The Bertz CT molecular complexity index is 6.00. The smallest absolute Gasteiger partial charge is 0.0832 e. The van der Waals surface area contributed by atoms with Gasteiger partial charge in [0, 0.05) is 37.3 Å². The van der Waals surface area contributed by atoms with Gasteiger partial charge in [0.15, 0.2) is 0 Å². The second-order valence-electron chi connectivity index (χ2n) is 0.0583. The van der Waals surface area contributed by atoms with Crippen LogP contribution in [0, 0.1) is 37.3 Å². The third-order valence-electron chi connectivity index (χ3n) is 0. The van der Waals surface area contributed by atoms with Gasteiger partial charge in [0.25, 0.3) is 0 Å². The molecule has 0 atom stereocenters. The van der Waals surface area contributed by atoms with Crippen LogP contribution in [-0.4, -0.2) is 0 Å². The van der Waals surface area contributed by atoms with Gasteiger partial charge < -0.3 is 0 Å².